The maximum Gasteiger partial charge on any atom is 0.214 e. The SMILES string of the molecule is Fc1cc(Nc2cc(F)c(Br)cc2F)ccn1. The third kappa shape index (κ3) is 2.76. The second kappa shape index (κ2) is 4.75. The van der Waals surface area contributed by atoms with Gasteiger partial charge in [-0.3, -0.25) is 0 Å². The topological polar surface area (TPSA) is 24.9 Å². The zero-order valence-electron chi connectivity index (χ0n) is 8.35. The molecule has 1 N–H and O–H groups in total. The van der Waals surface area contributed by atoms with E-state index >= 15 is 0 Å². The zero-order valence-corrected chi connectivity index (χ0v) is 9.93. The van der Waals surface area contributed by atoms with E-state index in [0.29, 0.717) is 0 Å². The van der Waals surface area contributed by atoms with Crippen molar-refractivity contribution in [2.24, 2.45) is 0 Å². The molecule has 17 heavy (non-hydrogen) atoms. The van der Waals surface area contributed by atoms with Gasteiger partial charge in [0.25, 0.3) is 0 Å². The first-order valence-electron chi connectivity index (χ1n) is 4.59. The monoisotopic (exact) mass is 302 g/mol. The molecule has 1 aromatic carbocycles. The second-order valence-corrected chi connectivity index (χ2v) is 4.09. The number of halogens is 4. The van der Waals surface area contributed by atoms with Crippen molar-refractivity contribution in [3.8, 4) is 0 Å². The van der Waals surface area contributed by atoms with Gasteiger partial charge in [0, 0.05) is 24.0 Å². The third-order valence-corrected chi connectivity index (χ3v) is 2.62. The lowest BCUT2D eigenvalue weighted by Gasteiger charge is -2.08. The van der Waals surface area contributed by atoms with Crippen molar-refractivity contribution in [1.29, 1.82) is 0 Å². The van der Waals surface area contributed by atoms with Crippen LogP contribution in [0, 0.1) is 17.6 Å². The molecule has 0 fully saturated rings. The van der Waals surface area contributed by atoms with Crippen molar-refractivity contribution in [2.75, 3.05) is 5.32 Å². The van der Waals surface area contributed by atoms with Gasteiger partial charge in [0.05, 0.1) is 10.2 Å². The Bertz CT molecular complexity index is 560. The number of aromatic nitrogens is 1. The number of anilines is 2. The van der Waals surface area contributed by atoms with E-state index < -0.39 is 17.6 Å². The highest BCUT2D eigenvalue weighted by Crippen LogP contribution is 2.25. The molecule has 2 nitrogen and oxygen atoms in total. The predicted octanol–water partition coefficient (Wildman–Crippen LogP) is 4.01. The number of nitrogens with zero attached hydrogens (tertiary/aromatic N) is 1. The van der Waals surface area contributed by atoms with E-state index in [1.54, 1.807) is 0 Å². The van der Waals surface area contributed by atoms with Gasteiger partial charge in [-0.25, -0.2) is 13.8 Å². The fourth-order valence-corrected chi connectivity index (χ4v) is 1.57. The van der Waals surface area contributed by atoms with Crippen molar-refractivity contribution < 1.29 is 13.2 Å². The van der Waals surface area contributed by atoms with Gasteiger partial charge in [0.2, 0.25) is 5.95 Å². The smallest absolute Gasteiger partial charge is 0.214 e. The van der Waals surface area contributed by atoms with Crippen LogP contribution in [0.5, 0.6) is 0 Å². The molecular formula is C11H6BrF3N2. The lowest BCUT2D eigenvalue weighted by Crippen LogP contribution is -1.96. The Balaban J connectivity index is 2.33. The Morgan fingerprint density at radius 3 is 2.53 bits per heavy atom. The molecule has 0 saturated heterocycles. The normalized spacial score (nSPS) is 10.4. The molecular weight excluding hydrogens is 297 g/mol. The van der Waals surface area contributed by atoms with E-state index in [9.17, 15) is 13.2 Å². The Morgan fingerprint density at radius 2 is 1.82 bits per heavy atom. The van der Waals surface area contributed by atoms with Crippen LogP contribution in [-0.4, -0.2) is 4.98 Å². The molecule has 0 aliphatic heterocycles. The molecule has 1 aromatic heterocycles. The summed E-state index contributed by atoms with van der Waals surface area (Å²) in [5.41, 5.74) is 0.217. The molecule has 0 amide bonds. The van der Waals surface area contributed by atoms with Crippen molar-refractivity contribution in [2.45, 2.75) is 0 Å². The van der Waals surface area contributed by atoms with Gasteiger partial charge >= 0.3 is 0 Å². The Morgan fingerprint density at radius 1 is 1.06 bits per heavy atom. The molecule has 88 valence electrons. The van der Waals surface area contributed by atoms with Gasteiger partial charge in [-0.15, -0.1) is 0 Å². The van der Waals surface area contributed by atoms with Gasteiger partial charge in [0.15, 0.2) is 0 Å². The molecule has 2 rings (SSSR count). The number of rotatable bonds is 2. The van der Waals surface area contributed by atoms with Crippen molar-refractivity contribution >= 4 is 27.3 Å². The highest BCUT2D eigenvalue weighted by molar-refractivity contribution is 9.10. The number of hydrogen-bond acceptors (Lipinski definition) is 2. The summed E-state index contributed by atoms with van der Waals surface area (Å²) in [6.45, 7) is 0. The van der Waals surface area contributed by atoms with Gasteiger partial charge in [-0.1, -0.05) is 0 Å². The first kappa shape index (κ1) is 11.9. The van der Waals surface area contributed by atoms with Crippen LogP contribution in [0.15, 0.2) is 34.9 Å². The summed E-state index contributed by atoms with van der Waals surface area (Å²) in [6, 6.07) is 4.51. The van der Waals surface area contributed by atoms with Crippen molar-refractivity contribution in [3.05, 3.63) is 52.5 Å². The van der Waals surface area contributed by atoms with Crippen LogP contribution in [0.1, 0.15) is 0 Å². The van der Waals surface area contributed by atoms with Gasteiger partial charge < -0.3 is 5.32 Å². The molecule has 0 atom stereocenters. The quantitative estimate of drug-likeness (QED) is 0.670. The van der Waals surface area contributed by atoms with Gasteiger partial charge in [-0.2, -0.15) is 4.39 Å². The molecule has 0 bridgehead atoms. The third-order valence-electron chi connectivity index (χ3n) is 2.02. The van der Waals surface area contributed by atoms with Crippen molar-refractivity contribution in [3.63, 3.8) is 0 Å². The zero-order chi connectivity index (χ0) is 12.4. The molecule has 0 radical (unpaired) electrons. The summed E-state index contributed by atoms with van der Waals surface area (Å²) in [7, 11) is 0. The molecule has 0 spiro atoms. The van der Waals surface area contributed by atoms with Gasteiger partial charge in [0.1, 0.15) is 11.6 Å². The summed E-state index contributed by atoms with van der Waals surface area (Å²) in [6.07, 6.45) is 1.23. The van der Waals surface area contributed by atoms with Crippen LogP contribution in [0.4, 0.5) is 24.5 Å². The lowest BCUT2D eigenvalue weighted by molar-refractivity contribution is 0.584. The number of pyridine rings is 1. The summed E-state index contributed by atoms with van der Waals surface area (Å²) < 4.78 is 39.5. The molecule has 1 heterocycles. The Hall–Kier alpha value is -1.56. The van der Waals surface area contributed by atoms with Crippen molar-refractivity contribution in [1.82, 2.24) is 4.98 Å². The standard InChI is InChI=1S/C11H6BrF3N2/c12-7-4-9(14)10(5-8(7)13)17-6-1-2-16-11(15)3-6/h1-5H,(H,16,17). The first-order valence-corrected chi connectivity index (χ1v) is 5.38. The maximum atomic E-state index is 13.4. The van der Waals surface area contributed by atoms with E-state index in [4.69, 9.17) is 0 Å². The van der Waals surface area contributed by atoms with Crippen LogP contribution in [0.3, 0.4) is 0 Å². The molecule has 0 aliphatic rings. The number of nitrogens with one attached hydrogen (secondary N) is 1. The highest BCUT2D eigenvalue weighted by Gasteiger charge is 2.08. The van der Waals surface area contributed by atoms with E-state index in [1.165, 1.54) is 12.3 Å². The van der Waals surface area contributed by atoms with E-state index in [2.05, 4.69) is 26.2 Å². The summed E-state index contributed by atoms with van der Waals surface area (Å²) in [4.78, 5) is 3.35. The largest absolute Gasteiger partial charge is 0.353 e. The fraction of sp³-hybridized carbons (Fsp3) is 0. The van der Waals surface area contributed by atoms with Crippen LogP contribution >= 0.6 is 15.9 Å². The minimum Gasteiger partial charge on any atom is -0.353 e. The molecule has 0 saturated carbocycles. The highest BCUT2D eigenvalue weighted by atomic mass is 79.9. The van der Waals surface area contributed by atoms with Crippen LogP contribution in [0.25, 0.3) is 0 Å². The molecule has 0 aliphatic carbocycles. The van der Waals surface area contributed by atoms with Crippen LogP contribution < -0.4 is 5.32 Å². The Labute approximate surface area is 104 Å². The second-order valence-electron chi connectivity index (χ2n) is 3.24. The number of benzene rings is 1. The molecule has 6 heteroatoms. The minimum atomic E-state index is -0.701. The summed E-state index contributed by atoms with van der Waals surface area (Å²) in [5, 5.41) is 2.57. The average molecular weight is 303 g/mol. The summed E-state index contributed by atoms with van der Waals surface area (Å²) in [5.74, 6) is -1.95. The minimum absolute atomic E-state index is 0.0291. The molecule has 0 unspecified atom stereocenters. The van der Waals surface area contributed by atoms with E-state index in [1.807, 2.05) is 0 Å². The predicted molar refractivity (Wildman–Crippen MR) is 61.5 cm³/mol. The fourth-order valence-electron chi connectivity index (χ4n) is 1.25. The van der Waals surface area contributed by atoms with E-state index in [0.717, 1.165) is 18.2 Å². The van der Waals surface area contributed by atoms with Crippen LogP contribution in [-0.2, 0) is 0 Å². The maximum absolute atomic E-state index is 13.4. The summed E-state index contributed by atoms with van der Waals surface area (Å²) >= 11 is 2.86. The molecule has 2 aromatic rings. The van der Waals surface area contributed by atoms with Crippen LogP contribution in [0.2, 0.25) is 0 Å². The average Bonchev–Trinajstić information content (AvgIpc) is 2.26. The lowest BCUT2D eigenvalue weighted by atomic mass is 10.2. The van der Waals surface area contributed by atoms with Gasteiger partial charge in [-0.05, 0) is 28.1 Å². The first-order chi connectivity index (χ1) is 8.06. The Kier molecular flexibility index (Phi) is 3.33. The number of hydrogen-bond donors (Lipinski definition) is 1. The van der Waals surface area contributed by atoms with E-state index in [-0.39, 0.29) is 15.8 Å².